The quantitative estimate of drug-likeness (QED) is 0.908. The molecule has 4 rings (SSSR count). The third-order valence-corrected chi connectivity index (χ3v) is 6.28. The van der Waals surface area contributed by atoms with Gasteiger partial charge in [-0.1, -0.05) is 24.6 Å². The second-order valence-electron chi connectivity index (χ2n) is 7.10. The lowest BCUT2D eigenvalue weighted by Crippen LogP contribution is -2.26. The maximum atomic E-state index is 13.3. The van der Waals surface area contributed by atoms with Crippen molar-refractivity contribution in [1.29, 1.82) is 0 Å². The molecule has 2 N–H and O–H groups in total. The number of nitrogens with zero attached hydrogens (tertiary/aromatic N) is 1. The van der Waals surface area contributed by atoms with E-state index in [9.17, 15) is 12.8 Å². The van der Waals surface area contributed by atoms with Crippen LogP contribution in [-0.4, -0.2) is 13.4 Å². The van der Waals surface area contributed by atoms with Gasteiger partial charge >= 0.3 is 0 Å². The van der Waals surface area contributed by atoms with Crippen LogP contribution in [-0.2, 0) is 10.0 Å². The SMILES string of the molecule is NS(=O)(=O)c1ccc(C2=C(c3ccc(F)cc3)CC3(CCC3)C2)cn1. The number of allylic oxidation sites excluding steroid dienone is 2. The molecule has 1 spiro atoms. The predicted molar refractivity (Wildman–Crippen MR) is 94.3 cm³/mol. The lowest BCUT2D eigenvalue weighted by Gasteiger charge is -2.39. The molecule has 0 unspecified atom stereocenters. The van der Waals surface area contributed by atoms with E-state index in [-0.39, 0.29) is 10.8 Å². The molecule has 1 aromatic heterocycles. The van der Waals surface area contributed by atoms with Crippen LogP contribution in [0.2, 0.25) is 0 Å². The van der Waals surface area contributed by atoms with Gasteiger partial charge in [-0.15, -0.1) is 0 Å². The highest BCUT2D eigenvalue weighted by Crippen LogP contribution is 2.59. The second-order valence-corrected chi connectivity index (χ2v) is 8.61. The van der Waals surface area contributed by atoms with Crippen molar-refractivity contribution in [2.75, 3.05) is 0 Å². The summed E-state index contributed by atoms with van der Waals surface area (Å²) in [6.07, 6.45) is 7.15. The molecular formula is C19H19FN2O2S. The van der Waals surface area contributed by atoms with Gasteiger partial charge in [0, 0.05) is 6.20 Å². The summed E-state index contributed by atoms with van der Waals surface area (Å²) in [5.41, 5.74) is 4.63. The molecule has 1 saturated carbocycles. The topological polar surface area (TPSA) is 73.1 Å². The number of nitrogens with two attached hydrogens (primary N) is 1. The van der Waals surface area contributed by atoms with E-state index in [0.29, 0.717) is 5.41 Å². The van der Waals surface area contributed by atoms with E-state index in [1.54, 1.807) is 12.3 Å². The molecule has 0 aliphatic heterocycles. The van der Waals surface area contributed by atoms with Crippen LogP contribution in [0.25, 0.3) is 11.1 Å². The minimum absolute atomic E-state index is 0.128. The highest BCUT2D eigenvalue weighted by atomic mass is 32.2. The number of sulfonamides is 1. The Bertz CT molecular complexity index is 944. The standard InChI is InChI=1S/C19H19FN2O2S/c20-15-5-2-13(3-6-15)16-10-19(8-1-9-19)11-17(16)14-4-7-18(22-12-14)25(21,23)24/h2-7,12H,1,8-11H2,(H2,21,23,24). The number of aromatic nitrogens is 1. The fourth-order valence-corrected chi connectivity index (χ4v) is 4.44. The van der Waals surface area contributed by atoms with Gasteiger partial charge in [-0.05, 0) is 71.6 Å². The number of primary sulfonamides is 1. The van der Waals surface area contributed by atoms with Crippen LogP contribution >= 0.6 is 0 Å². The van der Waals surface area contributed by atoms with Crippen LogP contribution in [0, 0.1) is 11.2 Å². The second kappa shape index (κ2) is 5.75. The van der Waals surface area contributed by atoms with Gasteiger partial charge in [0.15, 0.2) is 5.03 Å². The number of rotatable bonds is 3. The fourth-order valence-electron chi connectivity index (χ4n) is 3.99. The molecule has 2 aliphatic rings. The zero-order valence-electron chi connectivity index (χ0n) is 13.7. The minimum atomic E-state index is -3.80. The molecule has 2 aliphatic carbocycles. The number of hydrogen-bond acceptors (Lipinski definition) is 3. The number of hydrogen-bond donors (Lipinski definition) is 1. The number of pyridine rings is 1. The molecule has 1 heterocycles. The van der Waals surface area contributed by atoms with Crippen molar-refractivity contribution in [2.45, 2.75) is 37.1 Å². The molecular weight excluding hydrogens is 339 g/mol. The van der Waals surface area contributed by atoms with Gasteiger partial charge in [0.2, 0.25) is 0 Å². The molecule has 0 bridgehead atoms. The molecule has 1 fully saturated rings. The molecule has 2 aromatic rings. The summed E-state index contributed by atoms with van der Waals surface area (Å²) in [6, 6.07) is 9.81. The van der Waals surface area contributed by atoms with Crippen LogP contribution in [0.15, 0.2) is 47.6 Å². The first-order valence-electron chi connectivity index (χ1n) is 8.34. The largest absolute Gasteiger partial charge is 0.255 e. The molecule has 6 heteroatoms. The van der Waals surface area contributed by atoms with Crippen molar-refractivity contribution >= 4 is 21.2 Å². The predicted octanol–water partition coefficient (Wildman–Crippen LogP) is 3.74. The Morgan fingerprint density at radius 3 is 2.04 bits per heavy atom. The molecule has 25 heavy (non-hydrogen) atoms. The zero-order valence-corrected chi connectivity index (χ0v) is 14.5. The van der Waals surface area contributed by atoms with Crippen molar-refractivity contribution in [3.05, 3.63) is 59.5 Å². The van der Waals surface area contributed by atoms with E-state index >= 15 is 0 Å². The van der Waals surface area contributed by atoms with E-state index in [2.05, 4.69) is 4.98 Å². The maximum Gasteiger partial charge on any atom is 0.255 e. The van der Waals surface area contributed by atoms with Gasteiger partial charge in [0.25, 0.3) is 10.0 Å². The molecule has 0 saturated heterocycles. The lowest BCUT2D eigenvalue weighted by atomic mass is 9.66. The van der Waals surface area contributed by atoms with Gasteiger partial charge in [0.1, 0.15) is 5.82 Å². The monoisotopic (exact) mass is 358 g/mol. The van der Waals surface area contributed by atoms with E-state index in [0.717, 1.165) is 24.0 Å². The first-order valence-corrected chi connectivity index (χ1v) is 9.88. The minimum Gasteiger partial charge on any atom is -0.243 e. The van der Waals surface area contributed by atoms with Crippen molar-refractivity contribution < 1.29 is 12.8 Å². The summed E-state index contributed by atoms with van der Waals surface area (Å²) in [5, 5.41) is 5.00. The van der Waals surface area contributed by atoms with Gasteiger partial charge in [0.05, 0.1) is 0 Å². The Balaban J connectivity index is 1.77. The first-order chi connectivity index (χ1) is 11.9. The number of halogens is 1. The normalized spacial score (nSPS) is 19.3. The van der Waals surface area contributed by atoms with Gasteiger partial charge in [-0.25, -0.2) is 22.9 Å². The summed E-state index contributed by atoms with van der Waals surface area (Å²) >= 11 is 0. The highest BCUT2D eigenvalue weighted by molar-refractivity contribution is 7.89. The Morgan fingerprint density at radius 1 is 0.960 bits per heavy atom. The van der Waals surface area contributed by atoms with Crippen LogP contribution in [0.1, 0.15) is 43.2 Å². The average Bonchev–Trinajstić information content (AvgIpc) is 2.96. The average molecular weight is 358 g/mol. The van der Waals surface area contributed by atoms with Crippen LogP contribution < -0.4 is 5.14 Å². The smallest absolute Gasteiger partial charge is 0.243 e. The van der Waals surface area contributed by atoms with E-state index < -0.39 is 10.0 Å². The summed E-state index contributed by atoms with van der Waals surface area (Å²) < 4.78 is 36.1. The Hall–Kier alpha value is -2.05. The summed E-state index contributed by atoms with van der Waals surface area (Å²) in [7, 11) is -3.80. The van der Waals surface area contributed by atoms with Crippen molar-refractivity contribution in [2.24, 2.45) is 10.6 Å². The van der Waals surface area contributed by atoms with Crippen LogP contribution in [0.5, 0.6) is 0 Å². The molecule has 1 aromatic carbocycles. The zero-order chi connectivity index (χ0) is 17.7. The highest BCUT2D eigenvalue weighted by Gasteiger charge is 2.43. The fraction of sp³-hybridized carbons (Fsp3) is 0.316. The summed E-state index contributed by atoms with van der Waals surface area (Å²) in [6.45, 7) is 0. The Morgan fingerprint density at radius 2 is 1.56 bits per heavy atom. The van der Waals surface area contributed by atoms with Crippen molar-refractivity contribution in [3.8, 4) is 0 Å². The van der Waals surface area contributed by atoms with Crippen LogP contribution in [0.3, 0.4) is 0 Å². The van der Waals surface area contributed by atoms with Gasteiger partial charge in [-0.3, -0.25) is 0 Å². The first kappa shape index (κ1) is 16.4. The Labute approximate surface area is 146 Å². The van der Waals surface area contributed by atoms with E-state index in [1.165, 1.54) is 48.6 Å². The summed E-state index contributed by atoms with van der Waals surface area (Å²) in [5.74, 6) is -0.249. The molecule has 0 amide bonds. The molecule has 0 atom stereocenters. The third-order valence-electron chi connectivity index (χ3n) is 5.45. The molecule has 0 radical (unpaired) electrons. The summed E-state index contributed by atoms with van der Waals surface area (Å²) in [4.78, 5) is 4.02. The van der Waals surface area contributed by atoms with Crippen molar-refractivity contribution in [3.63, 3.8) is 0 Å². The maximum absolute atomic E-state index is 13.3. The van der Waals surface area contributed by atoms with Gasteiger partial charge < -0.3 is 0 Å². The van der Waals surface area contributed by atoms with E-state index in [1.807, 2.05) is 12.1 Å². The van der Waals surface area contributed by atoms with Gasteiger partial charge in [-0.2, -0.15) is 0 Å². The molecule has 130 valence electrons. The van der Waals surface area contributed by atoms with Crippen molar-refractivity contribution in [1.82, 2.24) is 4.98 Å². The molecule has 4 nitrogen and oxygen atoms in total. The lowest BCUT2D eigenvalue weighted by molar-refractivity contribution is 0.157. The number of benzene rings is 1. The Kier molecular flexibility index (Phi) is 3.77. The van der Waals surface area contributed by atoms with Crippen LogP contribution in [0.4, 0.5) is 4.39 Å². The third kappa shape index (κ3) is 3.00. The van der Waals surface area contributed by atoms with E-state index in [4.69, 9.17) is 5.14 Å².